The van der Waals surface area contributed by atoms with Crippen LogP contribution in [0.15, 0.2) is 106 Å². The van der Waals surface area contributed by atoms with Crippen molar-refractivity contribution in [3.05, 3.63) is 120 Å². The Balaban J connectivity index is 1.11. The van der Waals surface area contributed by atoms with Gasteiger partial charge in [0, 0.05) is 12.2 Å². The molecule has 0 saturated heterocycles. The van der Waals surface area contributed by atoms with E-state index in [1.54, 1.807) is 0 Å². The van der Waals surface area contributed by atoms with Gasteiger partial charge in [0.2, 0.25) is 28.4 Å². The first-order valence-corrected chi connectivity index (χ1v) is 19.6. The van der Waals surface area contributed by atoms with E-state index in [1.165, 1.54) is 10.4 Å². The van der Waals surface area contributed by atoms with Gasteiger partial charge >= 0.3 is 0 Å². The molecule has 5 nitrogen and oxygen atoms in total. The fraction of sp³-hybridized carbons (Fsp3) is 0.118. The maximum Gasteiger partial charge on any atom is 0.220 e. The largest absolute Gasteiger partial charge is 0.449 e. The summed E-state index contributed by atoms with van der Waals surface area (Å²) >= 11 is 0. The molecular formula is C34H32N2O3Si2. The monoisotopic (exact) mass is 572 g/mol. The first kappa shape index (κ1) is 26.9. The smallest absolute Gasteiger partial charge is 0.220 e. The fourth-order valence-corrected chi connectivity index (χ4v) is 13.0. The average molecular weight is 573 g/mol. The number of para-hydroxylation sites is 4. The third-order valence-electron chi connectivity index (χ3n) is 7.18. The molecule has 0 saturated carbocycles. The molecule has 0 amide bonds. The van der Waals surface area contributed by atoms with E-state index in [4.69, 9.17) is 12.9 Å². The molecule has 2 aromatic heterocycles. The van der Waals surface area contributed by atoms with Crippen molar-refractivity contribution in [1.82, 2.24) is 9.97 Å². The number of aromatic nitrogens is 2. The van der Waals surface area contributed by atoms with Crippen LogP contribution in [0.4, 0.5) is 0 Å². The van der Waals surface area contributed by atoms with Crippen molar-refractivity contribution in [1.29, 1.82) is 0 Å². The van der Waals surface area contributed by atoms with Crippen molar-refractivity contribution in [3.8, 4) is 0 Å². The summed E-state index contributed by atoms with van der Waals surface area (Å²) < 4.78 is 18.6. The lowest BCUT2D eigenvalue weighted by Gasteiger charge is -2.34. The number of benzene rings is 4. The molecule has 6 aromatic rings. The van der Waals surface area contributed by atoms with Crippen LogP contribution in [-0.2, 0) is 4.12 Å². The van der Waals surface area contributed by atoms with E-state index in [1.807, 2.05) is 72.8 Å². The molecule has 41 heavy (non-hydrogen) atoms. The van der Waals surface area contributed by atoms with Crippen LogP contribution < -0.4 is 10.4 Å². The Labute approximate surface area is 242 Å². The minimum atomic E-state index is -2.15. The minimum Gasteiger partial charge on any atom is -0.449 e. The molecule has 6 rings (SSSR count). The fourth-order valence-electron chi connectivity index (χ4n) is 5.00. The van der Waals surface area contributed by atoms with E-state index < -0.39 is 16.6 Å². The van der Waals surface area contributed by atoms with Crippen molar-refractivity contribution in [2.75, 3.05) is 0 Å². The Bertz CT molecular complexity index is 1660. The Kier molecular flexibility index (Phi) is 7.17. The molecule has 0 aliphatic rings. The second kappa shape index (κ2) is 10.9. The standard InChI is InChI=1S/C34H32N2O3Si2/c1-40(2,27-19-13-25(14-20-27)17-23-33-35-29-9-5-7-11-31(29)37-33)39-41(3,4)28-21-15-26(16-22-28)18-24-34-36-30-10-6-8-12-32(30)38-34/h5-24H,1-4H3/b23-17+,24-18+. The number of oxazole rings is 2. The molecule has 0 aliphatic heterocycles. The van der Waals surface area contributed by atoms with Crippen LogP contribution >= 0.6 is 0 Å². The third kappa shape index (κ3) is 6.07. The number of nitrogens with zero attached hydrogens (tertiary/aromatic N) is 2. The van der Waals surface area contributed by atoms with Gasteiger partial charge in [-0.05, 0) is 84.1 Å². The van der Waals surface area contributed by atoms with Gasteiger partial charge in [0.15, 0.2) is 11.2 Å². The molecule has 7 heteroatoms. The Morgan fingerprint density at radius 2 is 0.902 bits per heavy atom. The Morgan fingerprint density at radius 1 is 0.512 bits per heavy atom. The van der Waals surface area contributed by atoms with Crippen LogP contribution in [0.5, 0.6) is 0 Å². The van der Waals surface area contributed by atoms with Crippen molar-refractivity contribution in [2.24, 2.45) is 0 Å². The highest BCUT2D eigenvalue weighted by Gasteiger charge is 2.35. The maximum atomic E-state index is 6.99. The van der Waals surface area contributed by atoms with E-state index in [0.717, 1.165) is 33.3 Å². The number of fused-ring (bicyclic) bond motifs is 2. The van der Waals surface area contributed by atoms with Gasteiger partial charge in [0.1, 0.15) is 11.0 Å². The zero-order valence-electron chi connectivity index (χ0n) is 23.7. The van der Waals surface area contributed by atoms with Gasteiger partial charge < -0.3 is 12.9 Å². The highest BCUT2D eigenvalue weighted by atomic mass is 28.4. The average Bonchev–Trinajstić information content (AvgIpc) is 3.58. The van der Waals surface area contributed by atoms with Crippen LogP contribution in [0.3, 0.4) is 0 Å². The number of rotatable bonds is 8. The number of hydrogen-bond donors (Lipinski definition) is 0. The van der Waals surface area contributed by atoms with E-state index in [0.29, 0.717) is 11.8 Å². The zero-order valence-corrected chi connectivity index (χ0v) is 25.7. The summed E-state index contributed by atoms with van der Waals surface area (Å²) in [7, 11) is -4.29. The molecule has 0 N–H and O–H groups in total. The Morgan fingerprint density at radius 3 is 1.29 bits per heavy atom. The van der Waals surface area contributed by atoms with Crippen molar-refractivity contribution in [2.45, 2.75) is 26.2 Å². The van der Waals surface area contributed by atoms with Crippen LogP contribution in [0.1, 0.15) is 22.9 Å². The van der Waals surface area contributed by atoms with Gasteiger partial charge in [-0.25, -0.2) is 9.97 Å². The van der Waals surface area contributed by atoms with Crippen molar-refractivity contribution < 1.29 is 12.9 Å². The van der Waals surface area contributed by atoms with Crippen LogP contribution in [-0.4, -0.2) is 26.6 Å². The summed E-state index contributed by atoms with van der Waals surface area (Å²) in [6.07, 6.45) is 7.89. The quantitative estimate of drug-likeness (QED) is 0.174. The molecule has 0 unspecified atom stereocenters. The molecular weight excluding hydrogens is 541 g/mol. The second-order valence-corrected chi connectivity index (χ2v) is 19.1. The molecule has 0 atom stereocenters. The lowest BCUT2D eigenvalue weighted by Crippen LogP contribution is -2.57. The summed E-state index contributed by atoms with van der Waals surface area (Å²) in [6, 6.07) is 32.9. The lowest BCUT2D eigenvalue weighted by atomic mass is 10.2. The third-order valence-corrected chi connectivity index (χ3v) is 14.7. The van der Waals surface area contributed by atoms with Gasteiger partial charge in [-0.1, -0.05) is 72.8 Å². The SMILES string of the molecule is C[Si](C)(O[Si](C)(C)c1ccc(/C=C/c2nc3ccccc3o2)cc1)c1ccc(/C=C/c2nc3ccccc3o2)cc1. The predicted octanol–water partition coefficient (Wildman–Crippen LogP) is 7.85. The lowest BCUT2D eigenvalue weighted by molar-refractivity contribution is 0.573. The van der Waals surface area contributed by atoms with Gasteiger partial charge in [-0.15, -0.1) is 0 Å². The van der Waals surface area contributed by atoms with E-state index in [2.05, 4.69) is 84.7 Å². The van der Waals surface area contributed by atoms with Crippen LogP contribution in [0.2, 0.25) is 26.2 Å². The molecule has 0 radical (unpaired) electrons. The Hall–Kier alpha value is -4.31. The molecule has 4 aromatic carbocycles. The van der Waals surface area contributed by atoms with Gasteiger partial charge in [0.25, 0.3) is 0 Å². The summed E-state index contributed by atoms with van der Waals surface area (Å²) in [5, 5.41) is 2.55. The highest BCUT2D eigenvalue weighted by Crippen LogP contribution is 2.20. The summed E-state index contributed by atoms with van der Waals surface area (Å²) in [4.78, 5) is 9.04. The normalized spacial score (nSPS) is 12.8. The van der Waals surface area contributed by atoms with Gasteiger partial charge in [-0.2, -0.15) is 0 Å². The molecule has 2 heterocycles. The first-order chi connectivity index (χ1) is 19.7. The van der Waals surface area contributed by atoms with Crippen molar-refractivity contribution in [3.63, 3.8) is 0 Å². The number of hydrogen-bond acceptors (Lipinski definition) is 5. The molecule has 0 fully saturated rings. The zero-order chi connectivity index (χ0) is 28.5. The predicted molar refractivity (Wildman–Crippen MR) is 174 cm³/mol. The highest BCUT2D eigenvalue weighted by molar-refractivity contribution is 6.96. The van der Waals surface area contributed by atoms with Gasteiger partial charge in [-0.3, -0.25) is 0 Å². The van der Waals surface area contributed by atoms with E-state index >= 15 is 0 Å². The topological polar surface area (TPSA) is 61.3 Å². The van der Waals surface area contributed by atoms with E-state index in [9.17, 15) is 0 Å². The maximum absolute atomic E-state index is 6.99. The second-order valence-electron chi connectivity index (χ2n) is 11.1. The summed E-state index contributed by atoms with van der Waals surface area (Å²) in [5.41, 5.74) is 5.52. The molecule has 0 bridgehead atoms. The van der Waals surface area contributed by atoms with Crippen molar-refractivity contribution >= 4 is 73.5 Å². The molecule has 0 aliphatic carbocycles. The summed E-state index contributed by atoms with van der Waals surface area (Å²) in [5.74, 6) is 1.21. The summed E-state index contributed by atoms with van der Waals surface area (Å²) in [6.45, 7) is 9.12. The van der Waals surface area contributed by atoms with E-state index in [-0.39, 0.29) is 0 Å². The first-order valence-electron chi connectivity index (χ1n) is 13.7. The minimum absolute atomic E-state index is 0.605. The molecule has 0 spiro atoms. The van der Waals surface area contributed by atoms with Crippen LogP contribution in [0.25, 0.3) is 46.5 Å². The molecule has 204 valence electrons. The van der Waals surface area contributed by atoms with Gasteiger partial charge in [0.05, 0.1) is 0 Å². The van der Waals surface area contributed by atoms with Crippen LogP contribution in [0, 0.1) is 0 Å².